The minimum absolute atomic E-state index is 1.16. The van der Waals surface area contributed by atoms with Crippen LogP contribution in [0.15, 0.2) is 121 Å². The van der Waals surface area contributed by atoms with Crippen molar-refractivity contribution in [3.05, 3.63) is 210 Å². The highest BCUT2D eigenvalue weighted by atomic mass is 15.2. The van der Waals surface area contributed by atoms with Crippen LogP contribution in [0.25, 0.3) is 24.3 Å². The molecule has 0 saturated carbocycles. The van der Waals surface area contributed by atoms with Crippen molar-refractivity contribution in [3.8, 4) is 0 Å². The van der Waals surface area contributed by atoms with Gasteiger partial charge < -0.3 is 9.80 Å². The Bertz CT molecular complexity index is 2360. The Morgan fingerprint density at radius 3 is 0.750 bits per heavy atom. The van der Waals surface area contributed by atoms with Gasteiger partial charge in [0.05, 0.1) is 22.7 Å². The summed E-state index contributed by atoms with van der Waals surface area (Å²) in [5.41, 5.74) is 27.3. The molecular formula is C58H60N2. The lowest BCUT2D eigenvalue weighted by atomic mass is 9.98. The van der Waals surface area contributed by atoms with E-state index in [0.29, 0.717) is 0 Å². The summed E-state index contributed by atoms with van der Waals surface area (Å²) in [6.45, 7) is 26.6. The maximum absolute atomic E-state index is 2.46. The van der Waals surface area contributed by atoms with E-state index in [1.165, 1.54) is 101 Å². The number of hydrogen-bond acceptors (Lipinski definition) is 2. The summed E-state index contributed by atoms with van der Waals surface area (Å²) < 4.78 is 0. The Balaban J connectivity index is 1.16. The molecule has 0 spiro atoms. The van der Waals surface area contributed by atoms with Gasteiger partial charge in [-0.05, 0) is 174 Å². The molecule has 0 aromatic heterocycles. The largest absolute Gasteiger partial charge is 0.309 e. The van der Waals surface area contributed by atoms with Gasteiger partial charge in [0.25, 0.3) is 0 Å². The minimum atomic E-state index is 1.16. The fourth-order valence-corrected chi connectivity index (χ4v) is 9.50. The second-order valence-electron chi connectivity index (χ2n) is 17.1. The fourth-order valence-electron chi connectivity index (χ4n) is 9.50. The van der Waals surface area contributed by atoms with E-state index in [0.717, 1.165) is 22.5 Å². The highest BCUT2D eigenvalue weighted by molar-refractivity contribution is 5.87. The van der Waals surface area contributed by atoms with Crippen molar-refractivity contribution in [2.24, 2.45) is 0 Å². The summed E-state index contributed by atoms with van der Waals surface area (Å²) in [6, 6.07) is 44.9. The molecule has 0 bridgehead atoms. The Morgan fingerprint density at radius 2 is 0.517 bits per heavy atom. The van der Waals surface area contributed by atoms with Crippen LogP contribution in [0.5, 0.6) is 0 Å². The van der Waals surface area contributed by atoms with Crippen molar-refractivity contribution in [3.63, 3.8) is 0 Å². The van der Waals surface area contributed by atoms with Crippen LogP contribution in [0.3, 0.4) is 0 Å². The second-order valence-corrected chi connectivity index (χ2v) is 17.1. The first-order chi connectivity index (χ1) is 28.7. The van der Waals surface area contributed by atoms with Crippen molar-refractivity contribution in [1.29, 1.82) is 0 Å². The molecule has 0 heterocycles. The van der Waals surface area contributed by atoms with Crippen LogP contribution in [0.2, 0.25) is 0 Å². The lowest BCUT2D eigenvalue weighted by molar-refractivity contribution is 1.16. The maximum Gasteiger partial charge on any atom is 0.0520 e. The van der Waals surface area contributed by atoms with Gasteiger partial charge in [0.2, 0.25) is 0 Å². The summed E-state index contributed by atoms with van der Waals surface area (Å²) >= 11 is 0. The van der Waals surface area contributed by atoms with Crippen LogP contribution in [0, 0.1) is 83.1 Å². The van der Waals surface area contributed by atoms with Gasteiger partial charge in [-0.2, -0.15) is 0 Å². The van der Waals surface area contributed by atoms with Crippen molar-refractivity contribution < 1.29 is 0 Å². The molecule has 0 unspecified atom stereocenters. The molecule has 0 fully saturated rings. The molecule has 7 aromatic rings. The molecule has 0 saturated heterocycles. The predicted octanol–water partition coefficient (Wildman–Crippen LogP) is 16.7. The molecule has 0 radical (unpaired) electrons. The number of anilines is 6. The van der Waals surface area contributed by atoms with Gasteiger partial charge in [0.1, 0.15) is 0 Å². The number of benzene rings is 7. The Labute approximate surface area is 360 Å². The standard InChI is InChI=1S/C58H60N2/c1-37-29-41(5)55(42(6)30-37)59(56-43(7)31-38(2)32-44(56)8)53-25-19-49(20-26-53)17-23-51-15-13-14-16-52(51)24-18-50-21-27-54(28-22-50)60(57-45(9)33-39(3)34-46(57)10)58-47(11)35-40(4)36-48(58)12/h13-36H,1-12H3/b23-17+,24-18+. The van der Waals surface area contributed by atoms with Crippen LogP contribution in [0.4, 0.5) is 34.1 Å². The molecule has 7 rings (SSSR count). The molecule has 0 atom stereocenters. The van der Waals surface area contributed by atoms with E-state index in [1.54, 1.807) is 0 Å². The third kappa shape index (κ3) is 8.80. The summed E-state index contributed by atoms with van der Waals surface area (Å²) in [4.78, 5) is 4.92. The van der Waals surface area contributed by atoms with E-state index >= 15 is 0 Å². The van der Waals surface area contributed by atoms with Gasteiger partial charge in [-0.1, -0.05) is 144 Å². The molecule has 302 valence electrons. The molecule has 2 heteroatoms. The monoisotopic (exact) mass is 784 g/mol. The van der Waals surface area contributed by atoms with Crippen molar-refractivity contribution in [1.82, 2.24) is 0 Å². The van der Waals surface area contributed by atoms with Crippen molar-refractivity contribution >= 4 is 58.4 Å². The third-order valence-electron chi connectivity index (χ3n) is 11.6. The van der Waals surface area contributed by atoms with Gasteiger partial charge >= 0.3 is 0 Å². The van der Waals surface area contributed by atoms with E-state index in [1.807, 2.05) is 0 Å². The molecule has 2 nitrogen and oxygen atoms in total. The summed E-state index contributed by atoms with van der Waals surface area (Å²) in [5.74, 6) is 0. The van der Waals surface area contributed by atoms with Crippen LogP contribution < -0.4 is 9.80 Å². The summed E-state index contributed by atoms with van der Waals surface area (Å²) in [7, 11) is 0. The Kier molecular flexibility index (Phi) is 12.2. The summed E-state index contributed by atoms with van der Waals surface area (Å²) in [6.07, 6.45) is 8.90. The zero-order valence-corrected chi connectivity index (χ0v) is 37.8. The van der Waals surface area contributed by atoms with Gasteiger partial charge in [-0.15, -0.1) is 0 Å². The molecule has 0 amide bonds. The van der Waals surface area contributed by atoms with Gasteiger partial charge in [0.15, 0.2) is 0 Å². The molecule has 7 aromatic carbocycles. The zero-order valence-electron chi connectivity index (χ0n) is 37.8. The van der Waals surface area contributed by atoms with Crippen LogP contribution in [-0.4, -0.2) is 0 Å². The van der Waals surface area contributed by atoms with E-state index < -0.39 is 0 Å². The van der Waals surface area contributed by atoms with Crippen LogP contribution in [-0.2, 0) is 0 Å². The average molecular weight is 785 g/mol. The second kappa shape index (κ2) is 17.5. The van der Waals surface area contributed by atoms with Crippen LogP contribution in [0.1, 0.15) is 89.0 Å². The van der Waals surface area contributed by atoms with Gasteiger partial charge in [-0.25, -0.2) is 0 Å². The Hall–Kier alpha value is -6.38. The highest BCUT2D eigenvalue weighted by Crippen LogP contribution is 2.44. The topological polar surface area (TPSA) is 6.48 Å². The van der Waals surface area contributed by atoms with Crippen molar-refractivity contribution in [2.75, 3.05) is 9.80 Å². The minimum Gasteiger partial charge on any atom is -0.309 e. The SMILES string of the molecule is Cc1cc(C)c(N(c2ccc(/C=C/c3ccccc3/C=C/c3ccc(N(c4c(C)cc(C)cc4C)c4c(C)cc(C)cc4C)cc3)cc2)c2c(C)cc(C)cc2C)c(C)c1. The van der Waals surface area contributed by atoms with Gasteiger partial charge in [-0.3, -0.25) is 0 Å². The molecule has 0 aliphatic rings. The number of nitrogens with zero attached hydrogens (tertiary/aromatic N) is 2. The lowest BCUT2D eigenvalue weighted by Gasteiger charge is -2.32. The number of hydrogen-bond donors (Lipinski definition) is 0. The molecule has 60 heavy (non-hydrogen) atoms. The quantitative estimate of drug-likeness (QED) is 0.127. The first-order valence-corrected chi connectivity index (χ1v) is 21.3. The molecule has 0 aliphatic heterocycles. The third-order valence-corrected chi connectivity index (χ3v) is 11.6. The first kappa shape index (κ1) is 41.8. The zero-order chi connectivity index (χ0) is 42.8. The van der Waals surface area contributed by atoms with E-state index in [2.05, 4.69) is 239 Å². The predicted molar refractivity (Wildman–Crippen MR) is 263 cm³/mol. The normalized spacial score (nSPS) is 11.5. The maximum atomic E-state index is 2.46. The van der Waals surface area contributed by atoms with Crippen LogP contribution >= 0.6 is 0 Å². The van der Waals surface area contributed by atoms with E-state index in [9.17, 15) is 0 Å². The molecule has 0 aliphatic carbocycles. The molecule has 0 N–H and O–H groups in total. The summed E-state index contributed by atoms with van der Waals surface area (Å²) in [5, 5.41) is 0. The first-order valence-electron chi connectivity index (χ1n) is 21.3. The van der Waals surface area contributed by atoms with E-state index in [-0.39, 0.29) is 0 Å². The fraction of sp³-hybridized carbons (Fsp3) is 0.207. The van der Waals surface area contributed by atoms with Crippen molar-refractivity contribution in [2.45, 2.75) is 83.1 Å². The molecular weight excluding hydrogens is 725 g/mol. The van der Waals surface area contributed by atoms with E-state index in [4.69, 9.17) is 0 Å². The smallest absolute Gasteiger partial charge is 0.0520 e. The number of aryl methyl sites for hydroxylation is 12. The average Bonchev–Trinajstić information content (AvgIpc) is 3.17. The Morgan fingerprint density at radius 1 is 0.283 bits per heavy atom. The number of rotatable bonds is 10. The lowest BCUT2D eigenvalue weighted by Crippen LogP contribution is -2.15. The van der Waals surface area contributed by atoms with Gasteiger partial charge in [0, 0.05) is 11.4 Å². The highest BCUT2D eigenvalue weighted by Gasteiger charge is 2.22.